The summed E-state index contributed by atoms with van der Waals surface area (Å²) in [7, 11) is 1.55. The van der Waals surface area contributed by atoms with Crippen molar-refractivity contribution >= 4 is 47.5 Å². The highest BCUT2D eigenvalue weighted by molar-refractivity contribution is 6.14. The van der Waals surface area contributed by atoms with Crippen LogP contribution in [0.1, 0.15) is 43.0 Å². The molecule has 0 aliphatic carbocycles. The predicted octanol–water partition coefficient (Wildman–Crippen LogP) is 7.68. The zero-order chi connectivity index (χ0) is 34.2. The van der Waals surface area contributed by atoms with Crippen LogP contribution in [0.4, 0.5) is 22.7 Å². The van der Waals surface area contributed by atoms with Crippen LogP contribution >= 0.6 is 0 Å². The van der Waals surface area contributed by atoms with Gasteiger partial charge >= 0.3 is 0 Å². The molecule has 9 heteroatoms. The highest BCUT2D eigenvalue weighted by Gasteiger charge is 2.36. The first-order valence-corrected chi connectivity index (χ1v) is 16.5. The van der Waals surface area contributed by atoms with Crippen molar-refractivity contribution in [2.24, 2.45) is 9.98 Å². The Balaban J connectivity index is 0.940. The number of para-hydroxylation sites is 2. The van der Waals surface area contributed by atoms with Crippen molar-refractivity contribution in [2.45, 2.75) is 32.1 Å². The highest BCUT2D eigenvalue weighted by atomic mass is 16.5. The third-order valence-corrected chi connectivity index (χ3v) is 9.42. The number of amides is 2. The lowest BCUT2D eigenvalue weighted by Crippen LogP contribution is -2.37. The molecule has 0 N–H and O–H groups in total. The average Bonchev–Trinajstić information content (AvgIpc) is 3.73. The second-order valence-electron chi connectivity index (χ2n) is 12.4. The molecule has 3 aliphatic rings. The number of hydrogen-bond acceptors (Lipinski definition) is 7. The molecule has 0 saturated heterocycles. The standard InChI is InChI=1S/C41H34N4O5/c1-42-34-22-39(38(48-2)21-33(34)40(46)44-17-16-28-10-3-5-12-36(28)44)50-25-27-9-7-8-26(18-27)24-49-31-14-15-32-35(20-31)43-23-30-19-29-11-4-6-13-37(29)45(30)41(32)47/h3-15,18,20-23,30H,1,16-17,19,24-25H2,2H3/t30-/m0/s1. The van der Waals surface area contributed by atoms with E-state index in [1.807, 2.05) is 90.0 Å². The summed E-state index contributed by atoms with van der Waals surface area (Å²) < 4.78 is 18.0. The summed E-state index contributed by atoms with van der Waals surface area (Å²) in [5, 5.41) is 0. The highest BCUT2D eigenvalue weighted by Crippen LogP contribution is 2.39. The summed E-state index contributed by atoms with van der Waals surface area (Å²) in [5.74, 6) is 1.30. The van der Waals surface area contributed by atoms with E-state index in [1.165, 1.54) is 0 Å². The van der Waals surface area contributed by atoms with Crippen LogP contribution in [0.5, 0.6) is 17.2 Å². The number of anilines is 2. The molecule has 3 heterocycles. The van der Waals surface area contributed by atoms with Crippen molar-refractivity contribution in [1.82, 2.24) is 0 Å². The number of benzene rings is 5. The van der Waals surface area contributed by atoms with Gasteiger partial charge in [-0.2, -0.15) is 0 Å². The van der Waals surface area contributed by atoms with Gasteiger partial charge < -0.3 is 19.1 Å². The fourth-order valence-corrected chi connectivity index (χ4v) is 6.93. The fourth-order valence-electron chi connectivity index (χ4n) is 6.93. The van der Waals surface area contributed by atoms with Gasteiger partial charge in [-0.25, -0.2) is 0 Å². The first-order chi connectivity index (χ1) is 24.5. The number of carbonyl (C=O) groups is 2. The van der Waals surface area contributed by atoms with Crippen molar-refractivity contribution in [2.75, 3.05) is 23.5 Å². The van der Waals surface area contributed by atoms with Crippen LogP contribution in [0.2, 0.25) is 0 Å². The number of rotatable bonds is 9. The summed E-state index contributed by atoms with van der Waals surface area (Å²) >= 11 is 0. The summed E-state index contributed by atoms with van der Waals surface area (Å²) in [6.45, 7) is 4.88. The van der Waals surface area contributed by atoms with Crippen LogP contribution in [-0.4, -0.2) is 44.4 Å². The van der Waals surface area contributed by atoms with E-state index in [0.717, 1.165) is 46.5 Å². The molecule has 50 heavy (non-hydrogen) atoms. The Morgan fingerprint density at radius 1 is 0.860 bits per heavy atom. The molecule has 1 atom stereocenters. The molecule has 248 valence electrons. The number of aliphatic imine (C=N–C) groups is 2. The van der Waals surface area contributed by atoms with Crippen molar-refractivity contribution in [3.8, 4) is 17.2 Å². The van der Waals surface area contributed by atoms with Gasteiger partial charge in [0.05, 0.1) is 35.7 Å². The monoisotopic (exact) mass is 662 g/mol. The molecule has 0 aromatic heterocycles. The minimum Gasteiger partial charge on any atom is -0.493 e. The molecule has 5 aromatic rings. The van der Waals surface area contributed by atoms with Gasteiger partial charge in [0.15, 0.2) is 11.5 Å². The van der Waals surface area contributed by atoms with Crippen LogP contribution in [-0.2, 0) is 26.1 Å². The number of ether oxygens (including phenoxy) is 3. The lowest BCUT2D eigenvalue weighted by molar-refractivity contribution is 0.0980. The van der Waals surface area contributed by atoms with Gasteiger partial charge in [-0.1, -0.05) is 54.6 Å². The Hall–Kier alpha value is -6.22. The van der Waals surface area contributed by atoms with Crippen molar-refractivity contribution in [3.05, 3.63) is 137 Å². The molecule has 3 aliphatic heterocycles. The molecule has 9 nitrogen and oxygen atoms in total. The molecule has 2 amide bonds. The Morgan fingerprint density at radius 2 is 1.62 bits per heavy atom. The van der Waals surface area contributed by atoms with Crippen LogP contribution in [0, 0.1) is 0 Å². The third-order valence-electron chi connectivity index (χ3n) is 9.42. The molecular formula is C41H34N4O5. The first kappa shape index (κ1) is 31.1. The number of nitrogens with zero attached hydrogens (tertiary/aromatic N) is 4. The fraction of sp³-hybridized carbons (Fsp3) is 0.171. The third kappa shape index (κ3) is 5.66. The molecule has 0 fully saturated rings. The van der Waals surface area contributed by atoms with E-state index in [2.05, 4.69) is 17.8 Å². The molecule has 0 saturated carbocycles. The van der Waals surface area contributed by atoms with Crippen LogP contribution in [0.3, 0.4) is 0 Å². The lowest BCUT2D eigenvalue weighted by atomic mass is 10.1. The zero-order valence-corrected chi connectivity index (χ0v) is 27.5. The van der Waals surface area contributed by atoms with E-state index in [1.54, 1.807) is 30.2 Å². The largest absolute Gasteiger partial charge is 0.493 e. The van der Waals surface area contributed by atoms with Crippen LogP contribution < -0.4 is 24.0 Å². The maximum atomic E-state index is 13.6. The summed E-state index contributed by atoms with van der Waals surface area (Å²) in [6.07, 6.45) is 3.42. The molecule has 0 bridgehead atoms. The van der Waals surface area contributed by atoms with Gasteiger partial charge in [0.1, 0.15) is 19.0 Å². The van der Waals surface area contributed by atoms with E-state index in [9.17, 15) is 9.59 Å². The molecule has 5 aromatic carbocycles. The van der Waals surface area contributed by atoms with Gasteiger partial charge in [0, 0.05) is 42.7 Å². The van der Waals surface area contributed by atoms with Crippen molar-refractivity contribution in [1.29, 1.82) is 0 Å². The molecule has 8 rings (SSSR count). The summed E-state index contributed by atoms with van der Waals surface area (Å²) in [4.78, 5) is 39.6. The zero-order valence-electron chi connectivity index (χ0n) is 27.5. The van der Waals surface area contributed by atoms with E-state index >= 15 is 0 Å². The molecule has 0 spiro atoms. The Kier molecular flexibility index (Phi) is 8.08. The van der Waals surface area contributed by atoms with Gasteiger partial charge in [-0.05, 0) is 71.8 Å². The maximum absolute atomic E-state index is 13.6. The summed E-state index contributed by atoms with van der Waals surface area (Å²) in [5.41, 5.74) is 8.00. The number of carbonyl (C=O) groups excluding carboxylic acids is 2. The minimum absolute atomic E-state index is 0.0575. The molecule has 0 unspecified atom stereocenters. The Morgan fingerprint density at radius 3 is 2.42 bits per heavy atom. The van der Waals surface area contributed by atoms with Gasteiger partial charge in [0.2, 0.25) is 0 Å². The number of methoxy groups -OCH3 is 1. The van der Waals surface area contributed by atoms with E-state index in [-0.39, 0.29) is 24.5 Å². The summed E-state index contributed by atoms with van der Waals surface area (Å²) in [6, 6.07) is 32.5. The van der Waals surface area contributed by atoms with E-state index in [4.69, 9.17) is 19.2 Å². The molecular weight excluding hydrogens is 628 g/mol. The minimum atomic E-state index is -0.158. The van der Waals surface area contributed by atoms with E-state index < -0.39 is 0 Å². The first-order valence-electron chi connectivity index (χ1n) is 16.5. The van der Waals surface area contributed by atoms with Crippen LogP contribution in [0.15, 0.2) is 113 Å². The normalized spacial score (nSPS) is 15.5. The van der Waals surface area contributed by atoms with Gasteiger partial charge in [-0.3, -0.25) is 24.5 Å². The van der Waals surface area contributed by atoms with Gasteiger partial charge in [0.25, 0.3) is 11.8 Å². The number of fused-ring (bicyclic) bond motifs is 5. The van der Waals surface area contributed by atoms with Crippen molar-refractivity contribution in [3.63, 3.8) is 0 Å². The van der Waals surface area contributed by atoms with E-state index in [0.29, 0.717) is 52.9 Å². The smallest absolute Gasteiger partial charge is 0.261 e. The molecule has 0 radical (unpaired) electrons. The lowest BCUT2D eigenvalue weighted by Gasteiger charge is -2.21. The average molecular weight is 663 g/mol. The predicted molar refractivity (Wildman–Crippen MR) is 194 cm³/mol. The maximum Gasteiger partial charge on any atom is 0.261 e. The van der Waals surface area contributed by atoms with Gasteiger partial charge in [-0.15, -0.1) is 0 Å². The quantitative estimate of drug-likeness (QED) is 0.151. The Labute approximate surface area is 290 Å². The van der Waals surface area contributed by atoms with Crippen LogP contribution in [0.25, 0.3) is 0 Å². The van der Waals surface area contributed by atoms with Crippen molar-refractivity contribution < 1.29 is 23.8 Å². The Bertz CT molecular complexity index is 2190. The second-order valence-corrected chi connectivity index (χ2v) is 12.4. The second kappa shape index (κ2) is 13.0. The topological polar surface area (TPSA) is 93.0 Å². The number of hydrogen-bond donors (Lipinski definition) is 0. The SMILES string of the molecule is C=Nc1cc(OCc2cccc(COc3ccc4c(c3)N=C[C@@H]3Cc5ccccc5N3C4=O)c2)c(OC)cc1C(=O)N1CCc2ccccc21.